The van der Waals surface area contributed by atoms with Gasteiger partial charge in [-0.1, -0.05) is 30.3 Å². The van der Waals surface area contributed by atoms with E-state index in [1.807, 2.05) is 51.1 Å². The minimum Gasteiger partial charge on any atom is -0.450 e. The van der Waals surface area contributed by atoms with Crippen LogP contribution in [-0.2, 0) is 25.6 Å². The summed E-state index contributed by atoms with van der Waals surface area (Å²) in [7, 11) is 0. The van der Waals surface area contributed by atoms with Crippen LogP contribution in [-0.4, -0.2) is 35.9 Å². The Morgan fingerprint density at radius 2 is 1.92 bits per heavy atom. The lowest BCUT2D eigenvalue weighted by Crippen LogP contribution is -2.56. The van der Waals surface area contributed by atoms with E-state index in [4.69, 9.17) is 14.2 Å². The van der Waals surface area contributed by atoms with E-state index < -0.39 is 22.7 Å². The van der Waals surface area contributed by atoms with Gasteiger partial charge < -0.3 is 14.2 Å². The van der Waals surface area contributed by atoms with Gasteiger partial charge in [-0.2, -0.15) is 0 Å². The highest BCUT2D eigenvalue weighted by atomic mass is 16.6. The molecule has 0 unspecified atom stereocenters. The van der Waals surface area contributed by atoms with Gasteiger partial charge in [-0.25, -0.2) is 4.79 Å². The average molecular weight is 361 g/mol. The van der Waals surface area contributed by atoms with Crippen molar-refractivity contribution in [2.45, 2.75) is 64.4 Å². The van der Waals surface area contributed by atoms with Crippen molar-refractivity contribution in [2.24, 2.45) is 5.41 Å². The van der Waals surface area contributed by atoms with Crippen LogP contribution in [0.25, 0.3) is 0 Å². The van der Waals surface area contributed by atoms with Crippen molar-refractivity contribution in [1.82, 2.24) is 5.32 Å². The standard InChI is InChI=1S/C20H27NO5/c1-5-24-17(23)21-16(22)20-11-15(19(4,13-20)26-18(20,2)3)25-12-14-9-7-6-8-10-14/h6-10,15H,5,11-13H2,1-4H3,(H,21,22,23)/t15-,19+,20+/m0/s1. The lowest BCUT2D eigenvalue weighted by molar-refractivity contribution is -0.203. The minimum atomic E-state index is -0.824. The Labute approximate surface area is 154 Å². The molecule has 2 fully saturated rings. The van der Waals surface area contributed by atoms with Gasteiger partial charge in [0.1, 0.15) is 0 Å². The Hall–Kier alpha value is -1.92. The summed E-state index contributed by atoms with van der Waals surface area (Å²) in [5.41, 5.74) is -1.01. The second-order valence-corrected chi connectivity index (χ2v) is 7.85. The Balaban J connectivity index is 1.75. The molecule has 3 atom stereocenters. The largest absolute Gasteiger partial charge is 0.450 e. The first-order valence-corrected chi connectivity index (χ1v) is 9.06. The number of benzene rings is 1. The molecule has 1 aliphatic heterocycles. The highest BCUT2D eigenvalue weighted by Crippen LogP contribution is 2.62. The van der Waals surface area contributed by atoms with Gasteiger partial charge in [0.2, 0.25) is 5.91 Å². The van der Waals surface area contributed by atoms with Crippen molar-refractivity contribution in [3.8, 4) is 0 Å². The molecule has 2 amide bonds. The van der Waals surface area contributed by atoms with Crippen LogP contribution in [0.2, 0.25) is 0 Å². The molecule has 142 valence electrons. The number of nitrogens with one attached hydrogen (secondary N) is 1. The van der Waals surface area contributed by atoms with Gasteiger partial charge in [0.15, 0.2) is 0 Å². The van der Waals surface area contributed by atoms with Gasteiger partial charge in [0, 0.05) is 0 Å². The first-order valence-electron chi connectivity index (χ1n) is 9.06. The monoisotopic (exact) mass is 361 g/mol. The van der Waals surface area contributed by atoms with Crippen molar-refractivity contribution in [3.63, 3.8) is 0 Å². The summed E-state index contributed by atoms with van der Waals surface area (Å²) in [6.45, 7) is 8.15. The van der Waals surface area contributed by atoms with Crippen LogP contribution in [0.15, 0.2) is 30.3 Å². The van der Waals surface area contributed by atoms with Gasteiger partial charge in [-0.05, 0) is 46.1 Å². The van der Waals surface area contributed by atoms with E-state index in [9.17, 15) is 9.59 Å². The van der Waals surface area contributed by atoms with Crippen molar-refractivity contribution in [2.75, 3.05) is 6.61 Å². The topological polar surface area (TPSA) is 73.9 Å². The molecule has 2 aliphatic rings. The van der Waals surface area contributed by atoms with Crippen molar-refractivity contribution < 1.29 is 23.8 Å². The molecule has 6 heteroatoms. The number of hydrogen-bond acceptors (Lipinski definition) is 5. The van der Waals surface area contributed by atoms with Crippen molar-refractivity contribution in [3.05, 3.63) is 35.9 Å². The summed E-state index contributed by atoms with van der Waals surface area (Å²) in [5.74, 6) is -0.351. The van der Waals surface area contributed by atoms with E-state index in [1.165, 1.54) is 0 Å². The van der Waals surface area contributed by atoms with Crippen LogP contribution in [0.5, 0.6) is 0 Å². The number of hydrogen-bond donors (Lipinski definition) is 1. The normalized spacial score (nSPS) is 31.6. The highest BCUT2D eigenvalue weighted by molar-refractivity contribution is 5.96. The first kappa shape index (κ1) is 18.9. The van der Waals surface area contributed by atoms with Crippen LogP contribution in [0, 0.1) is 5.41 Å². The molecule has 1 aromatic carbocycles. The second kappa shape index (κ2) is 6.67. The predicted octanol–water partition coefficient (Wildman–Crippen LogP) is 3.19. The molecule has 1 aromatic rings. The number of rotatable bonds is 5. The molecule has 1 heterocycles. The SMILES string of the molecule is CCOC(=O)NC(=O)[C@@]12C[C@H](OCc3ccccc3)[C@@](C)(C1)OC2(C)C. The van der Waals surface area contributed by atoms with E-state index in [-0.39, 0.29) is 18.6 Å². The Morgan fingerprint density at radius 3 is 2.58 bits per heavy atom. The molecule has 0 spiro atoms. The number of fused-ring (bicyclic) bond motifs is 2. The molecule has 26 heavy (non-hydrogen) atoms. The summed E-state index contributed by atoms with van der Waals surface area (Å²) >= 11 is 0. The van der Waals surface area contributed by atoms with Crippen molar-refractivity contribution >= 4 is 12.0 Å². The van der Waals surface area contributed by atoms with Gasteiger partial charge in [-0.15, -0.1) is 0 Å². The van der Waals surface area contributed by atoms with E-state index in [2.05, 4.69) is 5.32 Å². The number of carbonyl (C=O) groups is 2. The molecule has 2 bridgehead atoms. The van der Waals surface area contributed by atoms with Gasteiger partial charge in [0.25, 0.3) is 0 Å². The maximum Gasteiger partial charge on any atom is 0.413 e. The molecular formula is C20H27NO5. The lowest BCUT2D eigenvalue weighted by atomic mass is 9.72. The predicted molar refractivity (Wildman–Crippen MR) is 95.4 cm³/mol. The fourth-order valence-electron chi connectivity index (χ4n) is 4.39. The molecular weight excluding hydrogens is 334 g/mol. The summed E-state index contributed by atoms with van der Waals surface area (Å²) in [6.07, 6.45) is 0.0836. The third-order valence-corrected chi connectivity index (χ3v) is 5.73. The Bertz CT molecular complexity index is 689. The summed E-state index contributed by atoms with van der Waals surface area (Å²) < 4.78 is 17.2. The van der Waals surface area contributed by atoms with E-state index >= 15 is 0 Å². The average Bonchev–Trinajstić information content (AvgIpc) is 2.98. The fraction of sp³-hybridized carbons (Fsp3) is 0.600. The molecule has 1 aliphatic carbocycles. The third-order valence-electron chi connectivity index (χ3n) is 5.73. The zero-order valence-corrected chi connectivity index (χ0v) is 15.8. The van der Waals surface area contributed by atoms with Crippen LogP contribution >= 0.6 is 0 Å². The lowest BCUT2D eigenvalue weighted by Gasteiger charge is -2.44. The maximum atomic E-state index is 12.9. The van der Waals surface area contributed by atoms with E-state index in [0.717, 1.165) is 5.56 Å². The fourth-order valence-corrected chi connectivity index (χ4v) is 4.39. The van der Waals surface area contributed by atoms with E-state index in [0.29, 0.717) is 19.4 Å². The molecule has 1 N–H and O–H groups in total. The third kappa shape index (κ3) is 3.12. The van der Waals surface area contributed by atoms with E-state index in [1.54, 1.807) is 6.92 Å². The molecule has 0 aromatic heterocycles. The van der Waals surface area contributed by atoms with Gasteiger partial charge >= 0.3 is 6.09 Å². The number of ether oxygens (including phenoxy) is 3. The summed E-state index contributed by atoms with van der Waals surface area (Å²) in [4.78, 5) is 24.7. The van der Waals surface area contributed by atoms with Gasteiger partial charge in [-0.3, -0.25) is 10.1 Å². The van der Waals surface area contributed by atoms with Gasteiger partial charge in [0.05, 0.1) is 35.9 Å². The van der Waals surface area contributed by atoms with Crippen LogP contribution in [0.3, 0.4) is 0 Å². The number of carbonyl (C=O) groups excluding carboxylic acids is 2. The van der Waals surface area contributed by atoms with Crippen LogP contribution < -0.4 is 5.32 Å². The summed E-state index contributed by atoms with van der Waals surface area (Å²) in [5, 5.41) is 2.37. The maximum absolute atomic E-state index is 12.9. The molecule has 6 nitrogen and oxygen atoms in total. The molecule has 0 radical (unpaired) electrons. The Morgan fingerprint density at radius 1 is 1.23 bits per heavy atom. The van der Waals surface area contributed by atoms with Crippen LogP contribution in [0.1, 0.15) is 46.1 Å². The molecule has 1 saturated heterocycles. The number of imide groups is 1. The number of alkyl carbamates (subject to hydrolysis) is 1. The molecule has 1 saturated carbocycles. The molecule has 3 rings (SSSR count). The zero-order chi connectivity index (χ0) is 19.0. The summed E-state index contributed by atoms with van der Waals surface area (Å²) in [6, 6.07) is 9.90. The Kier molecular flexibility index (Phi) is 4.84. The minimum absolute atomic E-state index is 0.215. The number of amides is 2. The second-order valence-electron chi connectivity index (χ2n) is 7.85. The van der Waals surface area contributed by atoms with Crippen molar-refractivity contribution in [1.29, 1.82) is 0 Å². The smallest absolute Gasteiger partial charge is 0.413 e. The first-order chi connectivity index (χ1) is 12.2. The quantitative estimate of drug-likeness (QED) is 0.872. The highest BCUT2D eigenvalue weighted by Gasteiger charge is 2.71. The zero-order valence-electron chi connectivity index (χ0n) is 15.8. The van der Waals surface area contributed by atoms with Crippen LogP contribution in [0.4, 0.5) is 4.79 Å².